The third-order valence-corrected chi connectivity index (χ3v) is 6.57. The molecule has 35 heavy (non-hydrogen) atoms. The maximum Gasteiger partial charge on any atom is 0.327 e. The van der Waals surface area contributed by atoms with Crippen LogP contribution >= 0.6 is 11.6 Å². The topological polar surface area (TPSA) is 88.3 Å². The van der Waals surface area contributed by atoms with Gasteiger partial charge in [-0.05, 0) is 37.0 Å². The summed E-state index contributed by atoms with van der Waals surface area (Å²) < 4.78 is 8.67. The number of aromatic nitrogens is 3. The van der Waals surface area contributed by atoms with Gasteiger partial charge in [0.2, 0.25) is 0 Å². The molecule has 2 aliphatic rings. The molecule has 0 radical (unpaired) electrons. The lowest BCUT2D eigenvalue weighted by Gasteiger charge is -2.18. The van der Waals surface area contributed by atoms with Crippen molar-refractivity contribution >= 4 is 34.7 Å². The molecule has 1 unspecified atom stereocenters. The summed E-state index contributed by atoms with van der Waals surface area (Å²) in [5, 5.41) is 3.64. The summed E-state index contributed by atoms with van der Waals surface area (Å²) in [4.78, 5) is 42.5. The van der Waals surface area contributed by atoms with E-state index in [-0.39, 0.29) is 35.4 Å². The first-order valence-electron chi connectivity index (χ1n) is 11.7. The van der Waals surface area contributed by atoms with Crippen molar-refractivity contribution in [2.45, 2.75) is 38.7 Å². The van der Waals surface area contributed by atoms with Crippen LogP contribution in [0.1, 0.15) is 43.9 Å². The van der Waals surface area contributed by atoms with Crippen molar-refractivity contribution in [3.8, 4) is 5.69 Å². The lowest BCUT2D eigenvalue weighted by Crippen LogP contribution is -2.42. The fraction of sp³-hybridized carbons (Fsp3) is 0.308. The molecule has 5 rings (SSSR count). The minimum atomic E-state index is -0.493. The molecule has 4 heterocycles. The normalized spacial score (nSPS) is 18.4. The van der Waals surface area contributed by atoms with E-state index in [1.165, 1.54) is 9.58 Å². The summed E-state index contributed by atoms with van der Waals surface area (Å²) in [6.45, 7) is 4.62. The van der Waals surface area contributed by atoms with Gasteiger partial charge in [0.15, 0.2) is 12.4 Å². The highest BCUT2D eigenvalue weighted by Gasteiger charge is 2.48. The van der Waals surface area contributed by atoms with Crippen molar-refractivity contribution in [3.05, 3.63) is 81.5 Å². The highest BCUT2D eigenvalue weighted by Crippen LogP contribution is 2.33. The molecule has 2 aromatic heterocycles. The molecule has 8 nitrogen and oxygen atoms in total. The predicted octanol–water partition coefficient (Wildman–Crippen LogP) is 3.15. The molecule has 9 heteroatoms. The number of aromatic amines is 1. The molecule has 1 N–H and O–H groups in total. The summed E-state index contributed by atoms with van der Waals surface area (Å²) in [6.07, 6.45) is 4.87. The Labute approximate surface area is 207 Å². The second-order valence-corrected chi connectivity index (χ2v) is 9.47. The van der Waals surface area contributed by atoms with E-state index in [9.17, 15) is 14.4 Å². The van der Waals surface area contributed by atoms with E-state index in [1.807, 2.05) is 19.9 Å². The number of carbonyl (C=O) groups is 2. The van der Waals surface area contributed by atoms with Gasteiger partial charge in [0, 0.05) is 29.5 Å². The third kappa shape index (κ3) is 4.13. The first kappa shape index (κ1) is 23.3. The third-order valence-electron chi connectivity index (χ3n) is 6.34. The number of carbonyl (C=O) groups excluding carboxylic acids is 2. The van der Waals surface area contributed by atoms with E-state index in [0.29, 0.717) is 23.0 Å². The molecule has 2 amide bonds. The maximum absolute atomic E-state index is 13.8. The molecule has 1 fully saturated rings. The van der Waals surface area contributed by atoms with Crippen LogP contribution in [-0.4, -0.2) is 45.8 Å². The molecule has 1 atom stereocenters. The van der Waals surface area contributed by atoms with Crippen LogP contribution in [0.25, 0.3) is 17.0 Å². The lowest BCUT2D eigenvalue weighted by atomic mass is 9.98. The molecule has 0 spiro atoms. The Balaban J connectivity index is 1.72. The van der Waals surface area contributed by atoms with E-state index >= 15 is 0 Å². The quantitative estimate of drug-likeness (QED) is 0.422. The van der Waals surface area contributed by atoms with Crippen LogP contribution in [0.2, 0.25) is 5.02 Å². The number of imide groups is 1. The van der Waals surface area contributed by atoms with Gasteiger partial charge in [-0.3, -0.25) is 24.4 Å². The Morgan fingerprint density at radius 3 is 2.54 bits per heavy atom. The van der Waals surface area contributed by atoms with Gasteiger partial charge in [0.05, 0.1) is 23.9 Å². The van der Waals surface area contributed by atoms with Crippen molar-refractivity contribution in [3.63, 3.8) is 0 Å². The van der Waals surface area contributed by atoms with Crippen LogP contribution < -0.4 is 10.1 Å². The minimum absolute atomic E-state index is 0.0925. The summed E-state index contributed by atoms with van der Waals surface area (Å²) >= 11 is 6.17. The average Bonchev–Trinajstić information content (AvgIpc) is 3.53. The second-order valence-electron chi connectivity index (χ2n) is 9.04. The van der Waals surface area contributed by atoms with Crippen molar-refractivity contribution in [1.29, 1.82) is 0 Å². The fourth-order valence-electron chi connectivity index (χ4n) is 4.64. The standard InChI is InChI=1S/C26H25ClN4O4/c1-16(2)22-20(25(33)31(28-22)18-9-6-8-17(27)14-18)21-23(29-11-4-3-5-12-29)26(34)30(24(21)32)15-19-10-7-13-35-19/h3-6,8-9,11-12,14,16,19H,7,10,13,15H2,1-2H3/p+1. The second kappa shape index (κ2) is 9.28. The van der Waals surface area contributed by atoms with E-state index in [0.717, 1.165) is 12.8 Å². The van der Waals surface area contributed by atoms with Crippen LogP contribution in [0.3, 0.4) is 0 Å². The summed E-state index contributed by atoms with van der Waals surface area (Å²) in [7, 11) is 0. The van der Waals surface area contributed by atoms with Gasteiger partial charge < -0.3 is 4.74 Å². The number of amides is 2. The average molecular weight is 494 g/mol. The number of nitrogens with zero attached hydrogens (tertiary/aromatic N) is 3. The first-order chi connectivity index (χ1) is 16.9. The Kier molecular flexibility index (Phi) is 6.17. The molecule has 2 aliphatic heterocycles. The van der Waals surface area contributed by atoms with Gasteiger partial charge in [-0.15, -0.1) is 0 Å². The molecule has 180 valence electrons. The summed E-state index contributed by atoms with van der Waals surface area (Å²) in [5.74, 6) is -1.06. The van der Waals surface area contributed by atoms with Gasteiger partial charge >= 0.3 is 5.91 Å². The Bertz CT molecular complexity index is 1380. The number of rotatable bonds is 6. The van der Waals surface area contributed by atoms with E-state index in [1.54, 1.807) is 53.4 Å². The largest absolute Gasteiger partial charge is 0.376 e. The van der Waals surface area contributed by atoms with Crippen LogP contribution in [0.5, 0.6) is 0 Å². The first-order valence-corrected chi connectivity index (χ1v) is 12.0. The zero-order valence-corrected chi connectivity index (χ0v) is 20.3. The van der Waals surface area contributed by atoms with E-state index in [4.69, 9.17) is 16.3 Å². The number of hydrogen-bond acceptors (Lipinski definition) is 4. The number of pyridine rings is 1. The van der Waals surface area contributed by atoms with Crippen LogP contribution in [0.15, 0.2) is 59.7 Å². The van der Waals surface area contributed by atoms with Gasteiger partial charge in [0.1, 0.15) is 5.57 Å². The maximum atomic E-state index is 13.8. The lowest BCUT2D eigenvalue weighted by molar-refractivity contribution is -0.576. The van der Waals surface area contributed by atoms with Gasteiger partial charge in [0.25, 0.3) is 17.2 Å². The van der Waals surface area contributed by atoms with E-state index in [2.05, 4.69) is 5.10 Å². The van der Waals surface area contributed by atoms with Crippen molar-refractivity contribution < 1.29 is 18.9 Å². The van der Waals surface area contributed by atoms with Crippen LogP contribution in [0.4, 0.5) is 0 Å². The monoisotopic (exact) mass is 493 g/mol. The van der Waals surface area contributed by atoms with Crippen molar-refractivity contribution in [1.82, 2.24) is 14.7 Å². The zero-order valence-electron chi connectivity index (χ0n) is 19.5. The van der Waals surface area contributed by atoms with Gasteiger partial charge in [-0.2, -0.15) is 4.57 Å². The van der Waals surface area contributed by atoms with Gasteiger partial charge in [-0.1, -0.05) is 37.6 Å². The number of benzene rings is 1. The minimum Gasteiger partial charge on any atom is -0.376 e. The molecule has 1 saturated heterocycles. The van der Waals surface area contributed by atoms with Crippen molar-refractivity contribution in [2.24, 2.45) is 0 Å². The highest BCUT2D eigenvalue weighted by atomic mass is 35.5. The predicted molar refractivity (Wildman–Crippen MR) is 131 cm³/mol. The van der Waals surface area contributed by atoms with Crippen molar-refractivity contribution in [2.75, 3.05) is 13.2 Å². The molecular weight excluding hydrogens is 468 g/mol. The number of ether oxygens (including phenoxy) is 1. The highest BCUT2D eigenvalue weighted by molar-refractivity contribution is 6.44. The smallest absolute Gasteiger partial charge is 0.327 e. The summed E-state index contributed by atoms with van der Waals surface area (Å²) in [6, 6.07) is 12.3. The Hall–Kier alpha value is -3.49. The van der Waals surface area contributed by atoms with Gasteiger partial charge in [-0.25, -0.2) is 4.68 Å². The number of H-pyrrole nitrogens is 1. The van der Waals surface area contributed by atoms with E-state index < -0.39 is 17.4 Å². The Morgan fingerprint density at radius 2 is 1.89 bits per heavy atom. The van der Waals surface area contributed by atoms with Crippen LogP contribution in [-0.2, 0) is 14.3 Å². The SMILES string of the molecule is CC(C)c1[nH]n(-c2cccc(Cl)c2)c(=O)c1C1=C([n+]2ccccc2)C(=O)N(CC2CCCO2)C1=O. The number of halogens is 1. The molecule has 0 aliphatic carbocycles. The molecule has 3 aromatic rings. The zero-order chi connectivity index (χ0) is 24.7. The summed E-state index contributed by atoms with van der Waals surface area (Å²) in [5.41, 5.74) is 1.14. The molecule has 0 saturated carbocycles. The molecule has 1 aromatic carbocycles. The number of nitrogens with one attached hydrogen (secondary N) is 1. The molecule has 0 bridgehead atoms. The Morgan fingerprint density at radius 1 is 1.11 bits per heavy atom. The number of hydrogen-bond donors (Lipinski definition) is 1. The van der Waals surface area contributed by atoms with Crippen LogP contribution in [0, 0.1) is 0 Å². The fourth-order valence-corrected chi connectivity index (χ4v) is 4.83. The molecular formula is C26H26ClN4O4+.